The van der Waals surface area contributed by atoms with Gasteiger partial charge in [-0.3, -0.25) is 14.2 Å². The molecule has 28 heavy (non-hydrogen) atoms. The Kier molecular flexibility index (Phi) is 5.79. The third-order valence-electron chi connectivity index (χ3n) is 6.51. The summed E-state index contributed by atoms with van der Waals surface area (Å²) < 4.78 is 1.85. The monoisotopic (exact) mass is 381 g/mol. The maximum Gasteiger partial charge on any atom is 0.261 e. The third-order valence-corrected chi connectivity index (χ3v) is 6.51. The van der Waals surface area contributed by atoms with Gasteiger partial charge in [0.25, 0.3) is 11.5 Å². The molecule has 0 saturated heterocycles. The van der Waals surface area contributed by atoms with Gasteiger partial charge in [-0.2, -0.15) is 0 Å². The van der Waals surface area contributed by atoms with Gasteiger partial charge in [0.05, 0.1) is 10.9 Å². The second kappa shape index (κ2) is 8.46. The topological polar surface area (TPSA) is 55.2 Å². The molecule has 1 aromatic carbocycles. The van der Waals surface area contributed by atoms with Gasteiger partial charge in [-0.25, -0.2) is 4.98 Å². The molecule has 0 bridgehead atoms. The van der Waals surface area contributed by atoms with Crippen molar-refractivity contribution in [2.24, 2.45) is 0 Å². The highest BCUT2D eigenvalue weighted by molar-refractivity contribution is 5.97. The van der Waals surface area contributed by atoms with Crippen LogP contribution in [0.2, 0.25) is 0 Å². The second-order valence-electron chi connectivity index (χ2n) is 8.44. The van der Waals surface area contributed by atoms with E-state index in [1.807, 2.05) is 22.6 Å². The Morgan fingerprint density at radius 3 is 2.54 bits per heavy atom. The van der Waals surface area contributed by atoms with Crippen LogP contribution in [0.5, 0.6) is 0 Å². The molecule has 1 fully saturated rings. The predicted molar refractivity (Wildman–Crippen MR) is 112 cm³/mol. The summed E-state index contributed by atoms with van der Waals surface area (Å²) in [6.07, 6.45) is 12.4. The zero-order valence-electron chi connectivity index (χ0n) is 17.0. The summed E-state index contributed by atoms with van der Waals surface area (Å²) >= 11 is 0. The Morgan fingerprint density at radius 1 is 1.04 bits per heavy atom. The summed E-state index contributed by atoms with van der Waals surface area (Å²) in [7, 11) is 1.92. The summed E-state index contributed by atoms with van der Waals surface area (Å²) in [4.78, 5) is 32.8. The molecule has 1 aliphatic heterocycles. The first-order valence-corrected chi connectivity index (χ1v) is 11.0. The van der Waals surface area contributed by atoms with Gasteiger partial charge in [0, 0.05) is 31.6 Å². The van der Waals surface area contributed by atoms with Crippen LogP contribution in [0.25, 0.3) is 10.9 Å². The SMILES string of the molecule is CN(C(=O)c1ccc2c(=O)n3c(nc2c1)CCCCCC3)C1CCCCCC1. The molecular weight excluding hydrogens is 350 g/mol. The van der Waals surface area contributed by atoms with Gasteiger partial charge >= 0.3 is 0 Å². The number of rotatable bonds is 2. The first-order chi connectivity index (χ1) is 13.6. The number of nitrogens with zero attached hydrogens (tertiary/aromatic N) is 3. The van der Waals surface area contributed by atoms with E-state index >= 15 is 0 Å². The highest BCUT2D eigenvalue weighted by Gasteiger charge is 2.23. The molecule has 150 valence electrons. The normalized spacial score (nSPS) is 18.8. The number of benzene rings is 1. The fourth-order valence-electron chi connectivity index (χ4n) is 4.74. The number of carbonyl (C=O) groups excluding carboxylic acids is 1. The van der Waals surface area contributed by atoms with Crippen molar-refractivity contribution in [1.29, 1.82) is 0 Å². The van der Waals surface area contributed by atoms with E-state index in [1.54, 1.807) is 12.1 Å². The van der Waals surface area contributed by atoms with Gasteiger partial charge in [0.2, 0.25) is 0 Å². The standard InChI is InChI=1S/C23H31N3O2/c1-25(18-10-6-2-3-7-11-18)22(27)17-13-14-19-20(16-17)24-21-12-8-4-5-9-15-26(21)23(19)28/h13-14,16,18H,2-12,15H2,1H3. The highest BCUT2D eigenvalue weighted by Crippen LogP contribution is 2.23. The Bertz CT molecular complexity index is 910. The number of amides is 1. The van der Waals surface area contributed by atoms with Crippen molar-refractivity contribution in [3.8, 4) is 0 Å². The predicted octanol–water partition coefficient (Wildman–Crippen LogP) is 4.31. The van der Waals surface area contributed by atoms with Crippen molar-refractivity contribution in [3.63, 3.8) is 0 Å². The molecule has 4 rings (SSSR count). The minimum atomic E-state index is 0.0398. The van der Waals surface area contributed by atoms with Crippen LogP contribution in [-0.4, -0.2) is 33.4 Å². The molecule has 0 unspecified atom stereocenters. The van der Waals surface area contributed by atoms with Crippen LogP contribution in [0.4, 0.5) is 0 Å². The van der Waals surface area contributed by atoms with Crippen LogP contribution in [0.3, 0.4) is 0 Å². The maximum atomic E-state index is 13.1. The zero-order chi connectivity index (χ0) is 19.5. The molecule has 1 aromatic heterocycles. The van der Waals surface area contributed by atoms with Crippen molar-refractivity contribution in [2.75, 3.05) is 7.05 Å². The lowest BCUT2D eigenvalue weighted by Crippen LogP contribution is -2.36. The quantitative estimate of drug-likeness (QED) is 0.729. The van der Waals surface area contributed by atoms with Crippen LogP contribution < -0.4 is 5.56 Å². The number of hydrogen-bond donors (Lipinski definition) is 0. The Morgan fingerprint density at radius 2 is 1.75 bits per heavy atom. The lowest BCUT2D eigenvalue weighted by molar-refractivity contribution is 0.0718. The maximum absolute atomic E-state index is 13.1. The van der Waals surface area contributed by atoms with Crippen molar-refractivity contribution in [3.05, 3.63) is 39.9 Å². The number of fused-ring (bicyclic) bond motifs is 2. The summed E-state index contributed by atoms with van der Waals surface area (Å²) in [6.45, 7) is 0.752. The molecule has 1 amide bonds. The molecule has 0 N–H and O–H groups in total. The van der Waals surface area contributed by atoms with E-state index in [1.165, 1.54) is 38.5 Å². The molecule has 1 aliphatic carbocycles. The first-order valence-electron chi connectivity index (χ1n) is 11.0. The largest absolute Gasteiger partial charge is 0.339 e. The lowest BCUT2D eigenvalue weighted by atomic mass is 10.0. The lowest BCUT2D eigenvalue weighted by Gasteiger charge is -2.27. The van der Waals surface area contributed by atoms with Crippen LogP contribution in [0.15, 0.2) is 23.0 Å². The van der Waals surface area contributed by atoms with Gasteiger partial charge in [0.1, 0.15) is 5.82 Å². The van der Waals surface area contributed by atoms with Crippen molar-refractivity contribution < 1.29 is 4.79 Å². The molecule has 2 aromatic rings. The fraction of sp³-hybridized carbons (Fsp3) is 0.609. The van der Waals surface area contributed by atoms with Crippen molar-refractivity contribution in [2.45, 2.75) is 83.2 Å². The molecule has 0 atom stereocenters. The van der Waals surface area contributed by atoms with Crippen LogP contribution in [0, 0.1) is 0 Å². The minimum Gasteiger partial charge on any atom is -0.339 e. The molecule has 0 radical (unpaired) electrons. The summed E-state index contributed by atoms with van der Waals surface area (Å²) in [5.41, 5.74) is 1.34. The van der Waals surface area contributed by atoms with E-state index in [0.29, 0.717) is 22.5 Å². The zero-order valence-corrected chi connectivity index (χ0v) is 17.0. The number of hydrogen-bond acceptors (Lipinski definition) is 3. The van der Waals surface area contributed by atoms with Gasteiger partial charge < -0.3 is 4.90 Å². The van der Waals surface area contributed by atoms with Crippen LogP contribution in [-0.2, 0) is 13.0 Å². The molecule has 0 spiro atoms. The van der Waals surface area contributed by atoms with E-state index in [4.69, 9.17) is 4.98 Å². The molecule has 2 heterocycles. The number of aryl methyl sites for hydroxylation is 1. The van der Waals surface area contributed by atoms with E-state index in [0.717, 1.165) is 44.5 Å². The Balaban J connectivity index is 1.66. The highest BCUT2D eigenvalue weighted by atomic mass is 16.2. The molecule has 5 heteroatoms. The average Bonchev–Trinajstić information content (AvgIpc) is 2.97. The molecule has 1 saturated carbocycles. The summed E-state index contributed by atoms with van der Waals surface area (Å²) in [6, 6.07) is 5.74. The van der Waals surface area contributed by atoms with Crippen molar-refractivity contribution >= 4 is 16.8 Å². The molecular formula is C23H31N3O2. The van der Waals surface area contributed by atoms with Crippen LogP contribution in [0.1, 0.15) is 80.4 Å². The Labute approximate surface area is 166 Å². The minimum absolute atomic E-state index is 0.0398. The first kappa shape index (κ1) is 19.2. The van der Waals surface area contributed by atoms with E-state index in [-0.39, 0.29) is 11.5 Å². The average molecular weight is 382 g/mol. The van der Waals surface area contributed by atoms with Gasteiger partial charge in [-0.1, -0.05) is 38.5 Å². The molecule has 5 nitrogen and oxygen atoms in total. The third kappa shape index (κ3) is 3.85. The van der Waals surface area contributed by atoms with Crippen molar-refractivity contribution in [1.82, 2.24) is 14.5 Å². The molecule has 2 aliphatic rings. The van der Waals surface area contributed by atoms with E-state index in [9.17, 15) is 9.59 Å². The number of aromatic nitrogens is 2. The van der Waals surface area contributed by atoms with Crippen LogP contribution >= 0.6 is 0 Å². The summed E-state index contributed by atoms with van der Waals surface area (Å²) in [5, 5.41) is 0.623. The van der Waals surface area contributed by atoms with Gasteiger partial charge in [-0.05, 0) is 43.9 Å². The van der Waals surface area contributed by atoms with Gasteiger partial charge in [0.15, 0.2) is 0 Å². The fourth-order valence-corrected chi connectivity index (χ4v) is 4.74. The smallest absolute Gasteiger partial charge is 0.261 e. The Hall–Kier alpha value is -2.17. The van der Waals surface area contributed by atoms with Gasteiger partial charge in [-0.15, -0.1) is 0 Å². The number of carbonyl (C=O) groups is 1. The van der Waals surface area contributed by atoms with E-state index < -0.39 is 0 Å². The van der Waals surface area contributed by atoms with E-state index in [2.05, 4.69) is 0 Å². The summed E-state index contributed by atoms with van der Waals surface area (Å²) in [5.74, 6) is 0.918. The second-order valence-corrected chi connectivity index (χ2v) is 8.44.